The van der Waals surface area contributed by atoms with Crippen LogP contribution < -0.4 is 5.32 Å². The zero-order chi connectivity index (χ0) is 13.8. The van der Waals surface area contributed by atoms with Crippen molar-refractivity contribution in [2.45, 2.75) is 57.1 Å². The molecule has 1 N–H and O–H groups in total. The number of nitrogens with one attached hydrogen (secondary N) is 1. The van der Waals surface area contributed by atoms with Crippen LogP contribution in [-0.2, 0) is 16.0 Å². The van der Waals surface area contributed by atoms with E-state index in [2.05, 4.69) is 23.5 Å². The van der Waals surface area contributed by atoms with E-state index in [-0.39, 0.29) is 18.6 Å². The Bertz CT molecular complexity index is 466. The summed E-state index contributed by atoms with van der Waals surface area (Å²) < 4.78 is 5.73. The number of benzene rings is 1. The molecule has 0 heterocycles. The largest absolute Gasteiger partial charge is 0.368 e. The first-order valence-corrected chi connectivity index (χ1v) is 7.82. The average Bonchev–Trinajstić information content (AvgIpc) is 2.90. The quantitative estimate of drug-likeness (QED) is 0.915. The van der Waals surface area contributed by atoms with Gasteiger partial charge in [-0.15, -0.1) is 0 Å². The molecule has 1 saturated carbocycles. The summed E-state index contributed by atoms with van der Waals surface area (Å²) in [5, 5.41) is 3.11. The average molecular weight is 273 g/mol. The van der Waals surface area contributed by atoms with Crippen LogP contribution in [0.15, 0.2) is 24.3 Å². The van der Waals surface area contributed by atoms with Crippen molar-refractivity contribution in [1.29, 1.82) is 0 Å². The van der Waals surface area contributed by atoms with E-state index in [0.717, 1.165) is 25.7 Å². The fraction of sp³-hybridized carbons (Fsp3) is 0.588. The van der Waals surface area contributed by atoms with Crippen LogP contribution in [0, 0.1) is 0 Å². The standard InChI is InChI=1S/C17H23NO2/c19-17(12-20-14-7-2-1-3-8-14)18-16-11-10-13-6-4-5-9-15(13)16/h4-6,9,14,16H,1-3,7-8,10-12H2,(H,18,19). The molecular formula is C17H23NO2. The molecule has 3 rings (SSSR count). The van der Waals surface area contributed by atoms with Crippen molar-refractivity contribution in [2.24, 2.45) is 0 Å². The molecule has 0 saturated heterocycles. The first-order chi connectivity index (χ1) is 9.83. The normalized spacial score (nSPS) is 22.5. The number of carbonyl (C=O) groups is 1. The van der Waals surface area contributed by atoms with Crippen LogP contribution in [0.25, 0.3) is 0 Å². The summed E-state index contributed by atoms with van der Waals surface area (Å²) in [4.78, 5) is 12.0. The maximum Gasteiger partial charge on any atom is 0.246 e. The molecular weight excluding hydrogens is 250 g/mol. The van der Waals surface area contributed by atoms with E-state index in [1.807, 2.05) is 6.07 Å². The molecule has 1 atom stereocenters. The minimum atomic E-state index is 0.0253. The van der Waals surface area contributed by atoms with Crippen molar-refractivity contribution < 1.29 is 9.53 Å². The molecule has 1 aromatic carbocycles. The molecule has 0 aromatic heterocycles. The summed E-state index contributed by atoms with van der Waals surface area (Å²) in [5.41, 5.74) is 2.64. The molecule has 1 amide bonds. The molecule has 1 unspecified atom stereocenters. The lowest BCUT2D eigenvalue weighted by Gasteiger charge is -2.22. The van der Waals surface area contributed by atoms with Crippen LogP contribution in [0.4, 0.5) is 0 Å². The van der Waals surface area contributed by atoms with E-state index in [9.17, 15) is 4.79 Å². The first-order valence-electron chi connectivity index (χ1n) is 7.82. The third kappa shape index (κ3) is 3.21. The van der Waals surface area contributed by atoms with E-state index in [0.29, 0.717) is 6.10 Å². The third-order valence-electron chi connectivity index (χ3n) is 4.47. The maximum atomic E-state index is 12.0. The van der Waals surface area contributed by atoms with Crippen LogP contribution in [0.5, 0.6) is 0 Å². The highest BCUT2D eigenvalue weighted by Gasteiger charge is 2.23. The van der Waals surface area contributed by atoms with Gasteiger partial charge in [0.05, 0.1) is 12.1 Å². The van der Waals surface area contributed by atoms with Gasteiger partial charge in [0, 0.05) is 0 Å². The van der Waals surface area contributed by atoms with Crippen molar-refractivity contribution >= 4 is 5.91 Å². The molecule has 3 heteroatoms. The molecule has 0 spiro atoms. The van der Waals surface area contributed by atoms with Crippen LogP contribution in [-0.4, -0.2) is 18.6 Å². The number of ether oxygens (including phenoxy) is 1. The molecule has 1 fully saturated rings. The predicted octanol–water partition coefficient (Wildman–Crippen LogP) is 3.14. The van der Waals surface area contributed by atoms with Gasteiger partial charge in [0.2, 0.25) is 5.91 Å². The Kier molecular flexibility index (Phi) is 4.36. The lowest BCUT2D eigenvalue weighted by molar-refractivity contribution is -0.129. The summed E-state index contributed by atoms with van der Waals surface area (Å²) in [6, 6.07) is 8.56. The summed E-state index contributed by atoms with van der Waals surface area (Å²) in [5.74, 6) is 0.0253. The fourth-order valence-electron chi connectivity index (χ4n) is 3.37. The topological polar surface area (TPSA) is 38.3 Å². The number of carbonyl (C=O) groups excluding carboxylic acids is 1. The number of fused-ring (bicyclic) bond motifs is 1. The summed E-state index contributed by atoms with van der Waals surface area (Å²) in [6.07, 6.45) is 8.37. The lowest BCUT2D eigenvalue weighted by Crippen LogP contribution is -2.32. The summed E-state index contributed by atoms with van der Waals surface area (Å²) >= 11 is 0. The van der Waals surface area contributed by atoms with Gasteiger partial charge in [-0.25, -0.2) is 0 Å². The second kappa shape index (κ2) is 6.40. The van der Waals surface area contributed by atoms with Crippen LogP contribution >= 0.6 is 0 Å². The summed E-state index contributed by atoms with van der Waals surface area (Å²) in [7, 11) is 0. The SMILES string of the molecule is O=C(COC1CCCCC1)NC1CCc2ccccc21. The molecule has 2 aliphatic rings. The minimum absolute atomic E-state index is 0.0253. The van der Waals surface area contributed by atoms with Gasteiger partial charge in [-0.3, -0.25) is 4.79 Å². The van der Waals surface area contributed by atoms with Gasteiger partial charge in [0.15, 0.2) is 0 Å². The smallest absolute Gasteiger partial charge is 0.246 e. The Morgan fingerprint density at radius 3 is 2.80 bits per heavy atom. The molecule has 1 aromatic rings. The third-order valence-corrected chi connectivity index (χ3v) is 4.47. The predicted molar refractivity (Wildman–Crippen MR) is 78.5 cm³/mol. The zero-order valence-electron chi connectivity index (χ0n) is 11.9. The van der Waals surface area contributed by atoms with Gasteiger partial charge in [-0.1, -0.05) is 43.5 Å². The van der Waals surface area contributed by atoms with E-state index >= 15 is 0 Å². The number of hydrogen-bond acceptors (Lipinski definition) is 2. The lowest BCUT2D eigenvalue weighted by atomic mass is 9.98. The van der Waals surface area contributed by atoms with Gasteiger partial charge in [-0.2, -0.15) is 0 Å². The van der Waals surface area contributed by atoms with Gasteiger partial charge in [0.25, 0.3) is 0 Å². The van der Waals surface area contributed by atoms with E-state index in [4.69, 9.17) is 4.74 Å². The van der Waals surface area contributed by atoms with Crippen LogP contribution in [0.2, 0.25) is 0 Å². The molecule has 2 aliphatic carbocycles. The van der Waals surface area contributed by atoms with E-state index in [1.165, 1.54) is 30.4 Å². The molecule has 0 aliphatic heterocycles. The maximum absolute atomic E-state index is 12.0. The number of rotatable bonds is 4. The molecule has 3 nitrogen and oxygen atoms in total. The number of aryl methyl sites for hydroxylation is 1. The van der Waals surface area contributed by atoms with Gasteiger partial charge in [-0.05, 0) is 36.8 Å². The number of hydrogen-bond donors (Lipinski definition) is 1. The van der Waals surface area contributed by atoms with Crippen molar-refractivity contribution in [3.05, 3.63) is 35.4 Å². The second-order valence-electron chi connectivity index (χ2n) is 5.93. The van der Waals surface area contributed by atoms with Gasteiger partial charge < -0.3 is 10.1 Å². The Morgan fingerprint density at radius 2 is 1.95 bits per heavy atom. The monoisotopic (exact) mass is 273 g/mol. The summed E-state index contributed by atoms with van der Waals surface area (Å²) in [6.45, 7) is 0.212. The first kappa shape index (κ1) is 13.6. The highest BCUT2D eigenvalue weighted by Crippen LogP contribution is 2.30. The van der Waals surface area contributed by atoms with Crippen LogP contribution in [0.1, 0.15) is 55.7 Å². The fourth-order valence-corrected chi connectivity index (χ4v) is 3.37. The highest BCUT2D eigenvalue weighted by atomic mass is 16.5. The Hall–Kier alpha value is -1.35. The molecule has 0 radical (unpaired) electrons. The van der Waals surface area contributed by atoms with Crippen molar-refractivity contribution in [2.75, 3.05) is 6.61 Å². The van der Waals surface area contributed by atoms with Gasteiger partial charge in [0.1, 0.15) is 6.61 Å². The Morgan fingerprint density at radius 1 is 1.15 bits per heavy atom. The molecule has 0 bridgehead atoms. The molecule has 20 heavy (non-hydrogen) atoms. The molecule has 108 valence electrons. The van der Waals surface area contributed by atoms with Crippen LogP contribution in [0.3, 0.4) is 0 Å². The minimum Gasteiger partial charge on any atom is -0.368 e. The van der Waals surface area contributed by atoms with E-state index in [1.54, 1.807) is 0 Å². The Balaban J connectivity index is 1.47. The van der Waals surface area contributed by atoms with Crippen molar-refractivity contribution in [3.63, 3.8) is 0 Å². The second-order valence-corrected chi connectivity index (χ2v) is 5.93. The zero-order valence-corrected chi connectivity index (χ0v) is 11.9. The highest BCUT2D eigenvalue weighted by molar-refractivity contribution is 5.77. The van der Waals surface area contributed by atoms with Crippen molar-refractivity contribution in [3.8, 4) is 0 Å². The van der Waals surface area contributed by atoms with E-state index < -0.39 is 0 Å². The van der Waals surface area contributed by atoms with Gasteiger partial charge >= 0.3 is 0 Å². The van der Waals surface area contributed by atoms with Crippen molar-refractivity contribution in [1.82, 2.24) is 5.32 Å². The number of amides is 1. The Labute approximate surface area is 120 Å².